The van der Waals surface area contributed by atoms with Crippen LogP contribution >= 0.6 is 0 Å². The number of hydrogen-bond donors (Lipinski definition) is 1. The van der Waals surface area contributed by atoms with Crippen LogP contribution in [0.3, 0.4) is 0 Å². The normalized spacial score (nSPS) is 35.1. The van der Waals surface area contributed by atoms with Gasteiger partial charge in [-0.05, 0) is 56.4 Å². The van der Waals surface area contributed by atoms with Crippen molar-refractivity contribution in [3.8, 4) is 0 Å². The van der Waals surface area contributed by atoms with Gasteiger partial charge in [0.15, 0.2) is 0 Å². The average Bonchev–Trinajstić information content (AvgIpc) is 2.39. The van der Waals surface area contributed by atoms with Gasteiger partial charge in [0.25, 0.3) is 0 Å². The van der Waals surface area contributed by atoms with Gasteiger partial charge in [0.2, 0.25) is 0 Å². The predicted molar refractivity (Wildman–Crippen MR) is 86.0 cm³/mol. The summed E-state index contributed by atoms with van der Waals surface area (Å²) in [5.74, 6) is 0.822. The Morgan fingerprint density at radius 1 is 1.10 bits per heavy atom. The summed E-state index contributed by atoms with van der Waals surface area (Å²) in [6, 6.07) is 0. The zero-order valence-electron chi connectivity index (χ0n) is 14.1. The van der Waals surface area contributed by atoms with E-state index in [9.17, 15) is 0 Å². The molecule has 118 valence electrons. The van der Waals surface area contributed by atoms with E-state index >= 15 is 0 Å². The van der Waals surface area contributed by atoms with Crippen LogP contribution in [0, 0.1) is 11.3 Å². The van der Waals surface area contributed by atoms with Gasteiger partial charge in [0, 0.05) is 6.54 Å². The van der Waals surface area contributed by atoms with E-state index in [1.54, 1.807) is 0 Å². The molecule has 0 aromatic carbocycles. The van der Waals surface area contributed by atoms with Crippen molar-refractivity contribution in [1.82, 2.24) is 5.32 Å². The van der Waals surface area contributed by atoms with Crippen molar-refractivity contribution in [1.29, 1.82) is 0 Å². The Hall–Kier alpha value is -0.0800. The van der Waals surface area contributed by atoms with E-state index in [1.807, 2.05) is 0 Å². The smallest absolute Gasteiger partial charge is 0.0812 e. The molecular weight excluding hydrogens is 246 g/mol. The first-order valence-electron chi connectivity index (χ1n) is 8.83. The molecule has 2 atom stereocenters. The Balaban J connectivity index is 1.93. The molecule has 2 aliphatic rings. The molecule has 2 fully saturated rings. The van der Waals surface area contributed by atoms with Crippen LogP contribution in [-0.2, 0) is 4.74 Å². The summed E-state index contributed by atoms with van der Waals surface area (Å²) in [6.07, 6.45) is 10.9. The summed E-state index contributed by atoms with van der Waals surface area (Å²) in [6.45, 7) is 11.5. The zero-order valence-corrected chi connectivity index (χ0v) is 14.1. The summed E-state index contributed by atoms with van der Waals surface area (Å²) >= 11 is 0. The highest BCUT2D eigenvalue weighted by Gasteiger charge is 2.39. The van der Waals surface area contributed by atoms with Gasteiger partial charge in [-0.25, -0.2) is 0 Å². The Kier molecular flexibility index (Phi) is 5.53. The maximum absolute atomic E-state index is 6.72. The maximum Gasteiger partial charge on any atom is 0.0812 e. The number of hydrogen-bond acceptors (Lipinski definition) is 2. The fraction of sp³-hybridized carbons (Fsp3) is 1.00. The number of likely N-dealkylation sites (N-methyl/N-ethyl adjacent to an activating group) is 1. The highest BCUT2D eigenvalue weighted by atomic mass is 16.5. The molecule has 0 aromatic rings. The third-order valence-electron chi connectivity index (χ3n) is 5.45. The summed E-state index contributed by atoms with van der Waals surface area (Å²) in [7, 11) is 0. The van der Waals surface area contributed by atoms with E-state index in [4.69, 9.17) is 4.74 Å². The molecule has 2 aliphatic carbocycles. The Morgan fingerprint density at radius 2 is 1.80 bits per heavy atom. The molecule has 0 spiro atoms. The van der Waals surface area contributed by atoms with Crippen molar-refractivity contribution in [3.63, 3.8) is 0 Å². The van der Waals surface area contributed by atoms with Crippen molar-refractivity contribution >= 4 is 0 Å². The molecule has 0 aromatic heterocycles. The van der Waals surface area contributed by atoms with Gasteiger partial charge in [0.05, 0.1) is 11.7 Å². The third-order valence-corrected chi connectivity index (χ3v) is 5.45. The number of nitrogens with one attached hydrogen (secondary N) is 1. The van der Waals surface area contributed by atoms with Crippen molar-refractivity contribution < 1.29 is 4.74 Å². The van der Waals surface area contributed by atoms with Gasteiger partial charge < -0.3 is 10.1 Å². The van der Waals surface area contributed by atoms with Crippen LogP contribution in [0.1, 0.15) is 79.1 Å². The Bertz CT molecular complexity index is 292. The summed E-state index contributed by atoms with van der Waals surface area (Å²) in [5, 5.41) is 3.56. The summed E-state index contributed by atoms with van der Waals surface area (Å²) < 4.78 is 6.72. The van der Waals surface area contributed by atoms with Crippen LogP contribution in [0.4, 0.5) is 0 Å². The predicted octanol–water partition coefficient (Wildman–Crippen LogP) is 4.53. The standard InChI is InChI=1S/C18H35NO/c1-5-19-14-18(10-6-7-15(2)13-18)20-16-8-11-17(3,4)12-9-16/h15-16,19H,5-14H2,1-4H3. The Morgan fingerprint density at radius 3 is 2.40 bits per heavy atom. The average molecular weight is 281 g/mol. The highest BCUT2D eigenvalue weighted by molar-refractivity contribution is 4.91. The van der Waals surface area contributed by atoms with Crippen LogP contribution in [0.5, 0.6) is 0 Å². The van der Waals surface area contributed by atoms with Crippen molar-refractivity contribution in [2.24, 2.45) is 11.3 Å². The first-order valence-corrected chi connectivity index (χ1v) is 8.83. The molecule has 2 rings (SSSR count). The van der Waals surface area contributed by atoms with E-state index in [-0.39, 0.29) is 5.60 Å². The monoisotopic (exact) mass is 281 g/mol. The van der Waals surface area contributed by atoms with Gasteiger partial charge >= 0.3 is 0 Å². The lowest BCUT2D eigenvalue weighted by Crippen LogP contribution is -2.49. The van der Waals surface area contributed by atoms with Crippen molar-refractivity contribution in [3.05, 3.63) is 0 Å². The number of rotatable bonds is 5. The second kappa shape index (κ2) is 6.79. The van der Waals surface area contributed by atoms with Crippen LogP contribution < -0.4 is 5.32 Å². The van der Waals surface area contributed by atoms with E-state index in [2.05, 4.69) is 33.0 Å². The van der Waals surface area contributed by atoms with Gasteiger partial charge in [-0.3, -0.25) is 0 Å². The topological polar surface area (TPSA) is 21.3 Å². The first kappa shape index (κ1) is 16.3. The SMILES string of the molecule is CCNCC1(OC2CCC(C)(C)CC2)CCCC(C)C1. The minimum atomic E-state index is 0.125. The molecule has 2 nitrogen and oxygen atoms in total. The molecule has 0 saturated heterocycles. The van der Waals surface area contributed by atoms with Gasteiger partial charge in [0.1, 0.15) is 0 Å². The minimum absolute atomic E-state index is 0.125. The van der Waals surface area contributed by atoms with Gasteiger partial charge in [-0.2, -0.15) is 0 Å². The Labute approximate surface area is 126 Å². The van der Waals surface area contributed by atoms with Gasteiger partial charge in [-0.15, -0.1) is 0 Å². The fourth-order valence-corrected chi connectivity index (χ4v) is 4.12. The summed E-state index contributed by atoms with van der Waals surface area (Å²) in [5.41, 5.74) is 0.661. The molecule has 2 unspecified atom stereocenters. The largest absolute Gasteiger partial charge is 0.370 e. The van der Waals surface area contributed by atoms with Crippen LogP contribution in [0.25, 0.3) is 0 Å². The maximum atomic E-state index is 6.72. The lowest BCUT2D eigenvalue weighted by Gasteiger charge is -2.45. The third kappa shape index (κ3) is 4.46. The first-order chi connectivity index (χ1) is 9.45. The zero-order chi connectivity index (χ0) is 14.6. The van der Waals surface area contributed by atoms with Gasteiger partial charge in [-0.1, -0.05) is 40.5 Å². The molecule has 0 amide bonds. The lowest BCUT2D eigenvalue weighted by molar-refractivity contribution is -0.136. The molecule has 20 heavy (non-hydrogen) atoms. The molecule has 0 aliphatic heterocycles. The summed E-state index contributed by atoms with van der Waals surface area (Å²) in [4.78, 5) is 0. The number of ether oxygens (including phenoxy) is 1. The van der Waals surface area contributed by atoms with E-state index in [0.29, 0.717) is 11.5 Å². The molecule has 2 saturated carbocycles. The molecule has 0 radical (unpaired) electrons. The van der Waals surface area contributed by atoms with Crippen LogP contribution in [0.15, 0.2) is 0 Å². The second-order valence-corrected chi connectivity index (χ2v) is 8.15. The van der Waals surface area contributed by atoms with Crippen LogP contribution in [0.2, 0.25) is 0 Å². The molecular formula is C18H35NO. The molecule has 0 heterocycles. The van der Waals surface area contributed by atoms with Crippen LogP contribution in [-0.4, -0.2) is 24.8 Å². The van der Waals surface area contributed by atoms with E-state index in [1.165, 1.54) is 51.4 Å². The second-order valence-electron chi connectivity index (χ2n) is 8.15. The van der Waals surface area contributed by atoms with Crippen molar-refractivity contribution in [2.45, 2.75) is 90.8 Å². The minimum Gasteiger partial charge on any atom is -0.370 e. The van der Waals surface area contributed by atoms with E-state index in [0.717, 1.165) is 19.0 Å². The lowest BCUT2D eigenvalue weighted by atomic mass is 9.75. The molecule has 2 heteroatoms. The van der Waals surface area contributed by atoms with Crippen molar-refractivity contribution in [2.75, 3.05) is 13.1 Å². The molecule has 0 bridgehead atoms. The molecule has 1 N–H and O–H groups in total. The van der Waals surface area contributed by atoms with E-state index < -0.39 is 0 Å². The highest BCUT2D eigenvalue weighted by Crippen LogP contribution is 2.41. The quantitative estimate of drug-likeness (QED) is 0.799. The fourth-order valence-electron chi connectivity index (χ4n) is 4.12.